The maximum atomic E-state index is 11.3. The zero-order valence-corrected chi connectivity index (χ0v) is 13.8. The SMILES string of the molecule is CC(=O)NC1(c2ccc(OCC3CN3CC(C)C)cc2)CC1. The summed E-state index contributed by atoms with van der Waals surface area (Å²) in [5.41, 5.74) is 1.07. The molecular weight excluding hydrogens is 276 g/mol. The maximum absolute atomic E-state index is 11.3. The molecule has 2 unspecified atom stereocenters. The molecule has 0 spiro atoms. The second-order valence-electron chi connectivity index (χ2n) is 7.10. The summed E-state index contributed by atoms with van der Waals surface area (Å²) in [5, 5.41) is 3.06. The molecule has 2 fully saturated rings. The van der Waals surface area contributed by atoms with Crippen molar-refractivity contribution < 1.29 is 9.53 Å². The first-order chi connectivity index (χ1) is 10.5. The number of ether oxygens (including phenoxy) is 1. The molecule has 1 aliphatic heterocycles. The molecule has 1 aromatic rings. The number of hydrogen-bond donors (Lipinski definition) is 1. The van der Waals surface area contributed by atoms with Gasteiger partial charge in [-0.1, -0.05) is 26.0 Å². The molecule has 1 aromatic carbocycles. The third-order valence-corrected chi connectivity index (χ3v) is 4.44. The van der Waals surface area contributed by atoms with Gasteiger partial charge in [0.1, 0.15) is 12.4 Å². The maximum Gasteiger partial charge on any atom is 0.217 e. The molecule has 1 aliphatic carbocycles. The monoisotopic (exact) mass is 302 g/mol. The van der Waals surface area contributed by atoms with E-state index in [1.54, 1.807) is 6.92 Å². The number of nitrogens with zero attached hydrogens (tertiary/aromatic N) is 1. The van der Waals surface area contributed by atoms with Crippen LogP contribution < -0.4 is 10.1 Å². The minimum atomic E-state index is -0.116. The van der Waals surface area contributed by atoms with Gasteiger partial charge in [-0.3, -0.25) is 9.69 Å². The van der Waals surface area contributed by atoms with Crippen molar-refractivity contribution in [2.24, 2.45) is 5.92 Å². The lowest BCUT2D eigenvalue weighted by atomic mass is 10.0. The lowest BCUT2D eigenvalue weighted by molar-refractivity contribution is -0.120. The van der Waals surface area contributed by atoms with Crippen molar-refractivity contribution in [3.63, 3.8) is 0 Å². The van der Waals surface area contributed by atoms with Crippen molar-refractivity contribution in [2.75, 3.05) is 19.7 Å². The van der Waals surface area contributed by atoms with Crippen molar-refractivity contribution >= 4 is 5.91 Å². The van der Waals surface area contributed by atoms with Crippen LogP contribution in [0.4, 0.5) is 0 Å². The Balaban J connectivity index is 1.49. The molecule has 2 aliphatic rings. The Bertz CT molecular complexity index is 535. The molecule has 0 radical (unpaired) electrons. The normalized spacial score (nSPS) is 24.9. The number of benzene rings is 1. The van der Waals surface area contributed by atoms with E-state index >= 15 is 0 Å². The molecule has 1 heterocycles. The first kappa shape index (κ1) is 15.3. The van der Waals surface area contributed by atoms with Crippen LogP contribution >= 0.6 is 0 Å². The fraction of sp³-hybridized carbons (Fsp3) is 0.611. The third-order valence-electron chi connectivity index (χ3n) is 4.44. The zero-order chi connectivity index (χ0) is 15.7. The quantitative estimate of drug-likeness (QED) is 0.787. The molecule has 1 amide bonds. The van der Waals surface area contributed by atoms with E-state index in [9.17, 15) is 4.79 Å². The second-order valence-corrected chi connectivity index (χ2v) is 7.10. The fourth-order valence-electron chi connectivity index (χ4n) is 3.08. The zero-order valence-electron chi connectivity index (χ0n) is 13.8. The van der Waals surface area contributed by atoms with Gasteiger partial charge in [-0.05, 0) is 36.5 Å². The van der Waals surface area contributed by atoms with Gasteiger partial charge in [-0.2, -0.15) is 0 Å². The number of hydrogen-bond acceptors (Lipinski definition) is 3. The summed E-state index contributed by atoms with van der Waals surface area (Å²) in [5.74, 6) is 1.67. The van der Waals surface area contributed by atoms with Gasteiger partial charge in [0.2, 0.25) is 5.91 Å². The van der Waals surface area contributed by atoms with Gasteiger partial charge in [0.05, 0.1) is 11.6 Å². The number of carbonyl (C=O) groups excluding carboxylic acids is 1. The Labute approximate surface area is 132 Å². The molecule has 3 rings (SSSR count). The van der Waals surface area contributed by atoms with Gasteiger partial charge < -0.3 is 10.1 Å². The fourth-order valence-corrected chi connectivity index (χ4v) is 3.08. The highest BCUT2D eigenvalue weighted by molar-refractivity contribution is 5.74. The standard InChI is InChI=1S/C18H26N2O2/c1-13(2)10-20-11-16(20)12-22-17-6-4-15(5-7-17)18(8-9-18)19-14(3)21/h4-7,13,16H,8-12H2,1-3H3,(H,19,21). The summed E-state index contributed by atoms with van der Waals surface area (Å²) in [6.45, 7) is 9.16. The minimum absolute atomic E-state index is 0.0387. The summed E-state index contributed by atoms with van der Waals surface area (Å²) >= 11 is 0. The Hall–Kier alpha value is -1.55. The minimum Gasteiger partial charge on any atom is -0.492 e. The Morgan fingerprint density at radius 3 is 2.59 bits per heavy atom. The van der Waals surface area contributed by atoms with Crippen molar-refractivity contribution in [1.82, 2.24) is 10.2 Å². The van der Waals surface area contributed by atoms with Gasteiger partial charge in [-0.25, -0.2) is 0 Å². The van der Waals surface area contributed by atoms with Crippen LogP contribution in [-0.2, 0) is 10.3 Å². The van der Waals surface area contributed by atoms with Gasteiger partial charge >= 0.3 is 0 Å². The second kappa shape index (κ2) is 5.92. The van der Waals surface area contributed by atoms with Crippen molar-refractivity contribution in [1.29, 1.82) is 0 Å². The average Bonchev–Trinajstić information content (AvgIpc) is 3.35. The molecule has 4 heteroatoms. The van der Waals surface area contributed by atoms with Crippen LogP contribution in [0.25, 0.3) is 0 Å². The number of amides is 1. The molecule has 1 N–H and O–H groups in total. The largest absolute Gasteiger partial charge is 0.492 e. The van der Waals surface area contributed by atoms with E-state index < -0.39 is 0 Å². The summed E-state index contributed by atoms with van der Waals surface area (Å²) < 4.78 is 5.88. The van der Waals surface area contributed by atoms with E-state index in [4.69, 9.17) is 4.74 Å². The smallest absolute Gasteiger partial charge is 0.217 e. The first-order valence-corrected chi connectivity index (χ1v) is 8.25. The van der Waals surface area contributed by atoms with Gasteiger partial charge in [0.25, 0.3) is 0 Å². The highest BCUT2D eigenvalue weighted by atomic mass is 16.5. The van der Waals surface area contributed by atoms with E-state index in [0.717, 1.165) is 38.3 Å². The molecule has 1 saturated heterocycles. The van der Waals surface area contributed by atoms with Crippen LogP contribution in [-0.4, -0.2) is 36.5 Å². The van der Waals surface area contributed by atoms with E-state index in [0.29, 0.717) is 12.0 Å². The lowest BCUT2D eigenvalue weighted by Crippen LogP contribution is -2.32. The Morgan fingerprint density at radius 2 is 2.05 bits per heavy atom. The predicted octanol–water partition coefficient (Wildman–Crippen LogP) is 2.53. The van der Waals surface area contributed by atoms with Crippen LogP contribution in [0, 0.1) is 5.92 Å². The van der Waals surface area contributed by atoms with E-state index in [1.807, 2.05) is 12.1 Å². The lowest BCUT2D eigenvalue weighted by Gasteiger charge is -2.17. The highest BCUT2D eigenvalue weighted by Gasteiger charge is 2.45. The molecule has 2 atom stereocenters. The highest BCUT2D eigenvalue weighted by Crippen LogP contribution is 2.45. The number of nitrogens with one attached hydrogen (secondary N) is 1. The summed E-state index contributed by atoms with van der Waals surface area (Å²) in [6.07, 6.45) is 2.05. The molecule has 4 nitrogen and oxygen atoms in total. The Morgan fingerprint density at radius 1 is 1.36 bits per heavy atom. The molecule has 0 bridgehead atoms. The molecule has 22 heavy (non-hydrogen) atoms. The predicted molar refractivity (Wildman–Crippen MR) is 86.9 cm³/mol. The van der Waals surface area contributed by atoms with E-state index in [-0.39, 0.29) is 11.4 Å². The Kier molecular flexibility index (Phi) is 4.13. The summed E-state index contributed by atoms with van der Waals surface area (Å²) in [7, 11) is 0. The van der Waals surface area contributed by atoms with Crippen LogP contribution in [0.2, 0.25) is 0 Å². The van der Waals surface area contributed by atoms with Gasteiger partial charge in [-0.15, -0.1) is 0 Å². The third kappa shape index (κ3) is 3.61. The molecular formula is C18H26N2O2. The topological polar surface area (TPSA) is 41.3 Å². The number of rotatable bonds is 7. The van der Waals surface area contributed by atoms with Crippen LogP contribution in [0.15, 0.2) is 24.3 Å². The van der Waals surface area contributed by atoms with E-state index in [1.165, 1.54) is 5.56 Å². The molecule has 120 valence electrons. The summed E-state index contributed by atoms with van der Waals surface area (Å²) in [6, 6.07) is 8.78. The van der Waals surface area contributed by atoms with Crippen molar-refractivity contribution in [3.05, 3.63) is 29.8 Å². The van der Waals surface area contributed by atoms with Crippen molar-refractivity contribution in [3.8, 4) is 5.75 Å². The molecule has 1 saturated carbocycles. The number of carbonyl (C=O) groups is 1. The van der Waals surface area contributed by atoms with Crippen LogP contribution in [0.1, 0.15) is 39.2 Å². The van der Waals surface area contributed by atoms with Crippen LogP contribution in [0.5, 0.6) is 5.75 Å². The van der Waals surface area contributed by atoms with Gasteiger partial charge in [0, 0.05) is 20.0 Å². The van der Waals surface area contributed by atoms with Crippen molar-refractivity contribution in [2.45, 2.75) is 45.2 Å². The van der Waals surface area contributed by atoms with Crippen LogP contribution in [0.3, 0.4) is 0 Å². The summed E-state index contributed by atoms with van der Waals surface area (Å²) in [4.78, 5) is 13.7. The first-order valence-electron chi connectivity index (χ1n) is 8.25. The van der Waals surface area contributed by atoms with E-state index in [2.05, 4.69) is 36.2 Å². The van der Waals surface area contributed by atoms with Gasteiger partial charge in [0.15, 0.2) is 0 Å². The molecule has 0 aromatic heterocycles. The average molecular weight is 302 g/mol.